The van der Waals surface area contributed by atoms with Gasteiger partial charge in [0.2, 0.25) is 5.03 Å². The first-order valence-electron chi connectivity index (χ1n) is 10.2. The van der Waals surface area contributed by atoms with Crippen LogP contribution in [0, 0.1) is 0 Å². The van der Waals surface area contributed by atoms with Gasteiger partial charge >= 0.3 is 0 Å². The van der Waals surface area contributed by atoms with E-state index in [0.29, 0.717) is 37.7 Å². The molecule has 1 amide bonds. The van der Waals surface area contributed by atoms with Gasteiger partial charge in [0, 0.05) is 56.7 Å². The van der Waals surface area contributed by atoms with Crippen LogP contribution in [0.5, 0.6) is 0 Å². The molecule has 0 unspecified atom stereocenters. The molecule has 0 atom stereocenters. The minimum absolute atomic E-state index is 0.0764. The Morgan fingerprint density at radius 2 is 1.81 bits per heavy atom. The van der Waals surface area contributed by atoms with Crippen molar-refractivity contribution < 1.29 is 13.2 Å². The lowest BCUT2D eigenvalue weighted by molar-refractivity contribution is 0.0948. The first kappa shape index (κ1) is 23.5. The molecule has 3 rings (SSSR count). The topological polar surface area (TPSA) is 90.8 Å². The highest BCUT2D eigenvalue weighted by molar-refractivity contribution is 7.89. The Labute approximate surface area is 188 Å². The van der Waals surface area contributed by atoms with E-state index in [2.05, 4.69) is 15.3 Å². The number of hydrogen-bond acceptors (Lipinski definition) is 6. The fourth-order valence-corrected chi connectivity index (χ4v) is 5.14. The molecule has 2 aromatic rings. The summed E-state index contributed by atoms with van der Waals surface area (Å²) in [6.07, 6.45) is 2.23. The maximum absolute atomic E-state index is 13.3. The summed E-state index contributed by atoms with van der Waals surface area (Å²) in [6, 6.07) is 7.47. The Morgan fingerprint density at radius 3 is 2.42 bits per heavy atom. The Hall–Kier alpha value is -2.14. The minimum atomic E-state index is -3.89. The minimum Gasteiger partial charge on any atom is -0.369 e. The van der Waals surface area contributed by atoms with E-state index in [0.717, 1.165) is 18.7 Å². The normalized spacial score (nSPS) is 15.5. The molecule has 1 aromatic carbocycles. The summed E-state index contributed by atoms with van der Waals surface area (Å²) in [5, 5.41) is 7.37. The van der Waals surface area contributed by atoms with Gasteiger partial charge in [0.15, 0.2) is 0 Å². The number of aromatic nitrogens is 2. The van der Waals surface area contributed by atoms with Gasteiger partial charge in [-0.25, -0.2) is 8.42 Å². The number of halogens is 1. The summed E-state index contributed by atoms with van der Waals surface area (Å²) < 4.78 is 29.3. The molecule has 0 spiro atoms. The number of piperazine rings is 1. The number of benzene rings is 1. The summed E-state index contributed by atoms with van der Waals surface area (Å²) in [6.45, 7) is 3.00. The van der Waals surface area contributed by atoms with Gasteiger partial charge in [0.1, 0.15) is 0 Å². The van der Waals surface area contributed by atoms with Gasteiger partial charge in [0.25, 0.3) is 15.9 Å². The number of aryl methyl sites for hydroxylation is 1. The van der Waals surface area contributed by atoms with Gasteiger partial charge in [-0.15, -0.1) is 0 Å². The molecule has 170 valence electrons. The predicted octanol–water partition coefficient (Wildman–Crippen LogP) is 1.27. The van der Waals surface area contributed by atoms with Crippen molar-refractivity contribution in [3.05, 3.63) is 41.0 Å². The van der Waals surface area contributed by atoms with E-state index < -0.39 is 15.9 Å². The second-order valence-corrected chi connectivity index (χ2v) is 10.1. The second-order valence-electron chi connectivity index (χ2n) is 7.80. The average Bonchev–Trinajstić information content (AvgIpc) is 3.14. The zero-order valence-corrected chi connectivity index (χ0v) is 19.7. The van der Waals surface area contributed by atoms with Gasteiger partial charge in [-0.1, -0.05) is 11.6 Å². The molecule has 1 aromatic heterocycles. The van der Waals surface area contributed by atoms with Gasteiger partial charge in [-0.05, 0) is 51.3 Å². The number of nitrogens with zero attached hydrogens (tertiary/aromatic N) is 5. The zero-order valence-electron chi connectivity index (χ0n) is 18.1. The molecule has 0 bridgehead atoms. The van der Waals surface area contributed by atoms with Gasteiger partial charge in [-0.2, -0.15) is 9.40 Å². The summed E-state index contributed by atoms with van der Waals surface area (Å²) in [5.41, 5.74) is 1.07. The third kappa shape index (κ3) is 5.76. The van der Waals surface area contributed by atoms with Gasteiger partial charge in [0.05, 0.1) is 5.56 Å². The molecule has 9 nitrogen and oxygen atoms in total. The van der Waals surface area contributed by atoms with Crippen molar-refractivity contribution >= 4 is 33.2 Å². The maximum Gasteiger partial charge on any atom is 0.263 e. The molecule has 31 heavy (non-hydrogen) atoms. The summed E-state index contributed by atoms with van der Waals surface area (Å²) in [4.78, 5) is 16.8. The van der Waals surface area contributed by atoms with E-state index in [4.69, 9.17) is 11.6 Å². The van der Waals surface area contributed by atoms with E-state index in [9.17, 15) is 13.2 Å². The summed E-state index contributed by atoms with van der Waals surface area (Å²) in [7, 11) is 1.64. The van der Waals surface area contributed by atoms with Crippen molar-refractivity contribution in [3.8, 4) is 0 Å². The number of amides is 1. The van der Waals surface area contributed by atoms with Gasteiger partial charge in [-0.3, -0.25) is 9.48 Å². The van der Waals surface area contributed by atoms with Crippen LogP contribution in [0.15, 0.2) is 35.5 Å². The summed E-state index contributed by atoms with van der Waals surface area (Å²) in [5.74, 6) is -0.426. The maximum atomic E-state index is 13.3. The van der Waals surface area contributed by atoms with Crippen LogP contribution < -0.4 is 10.2 Å². The van der Waals surface area contributed by atoms with Crippen molar-refractivity contribution in [1.29, 1.82) is 0 Å². The molecule has 1 aliphatic heterocycles. The predicted molar refractivity (Wildman–Crippen MR) is 121 cm³/mol. The Bertz CT molecular complexity index is 998. The fourth-order valence-electron chi connectivity index (χ4n) is 3.47. The van der Waals surface area contributed by atoms with E-state index >= 15 is 0 Å². The molecule has 1 fully saturated rings. The third-order valence-electron chi connectivity index (χ3n) is 5.12. The van der Waals surface area contributed by atoms with E-state index in [1.807, 2.05) is 43.3 Å². The van der Waals surface area contributed by atoms with Crippen LogP contribution in [0.4, 0.5) is 5.69 Å². The van der Waals surface area contributed by atoms with Crippen LogP contribution >= 0.6 is 11.6 Å². The Balaban J connectivity index is 1.68. The zero-order chi connectivity index (χ0) is 22.6. The highest BCUT2D eigenvalue weighted by Crippen LogP contribution is 2.23. The lowest BCUT2D eigenvalue weighted by Gasteiger charge is -2.35. The standard InChI is InChI=1S/C20H29ClN6O3S/c1-24(2)10-4-9-22-19(28)18-15-25(3)23-20(18)31(29,30)27-13-11-26(12-14-27)17-7-5-16(21)6-8-17/h5-8,15H,4,9-14H2,1-3H3,(H,22,28). The number of carbonyl (C=O) groups is 1. The van der Waals surface area contributed by atoms with Crippen LogP contribution in [0.2, 0.25) is 5.02 Å². The van der Waals surface area contributed by atoms with Gasteiger partial charge < -0.3 is 15.1 Å². The first-order chi connectivity index (χ1) is 14.7. The lowest BCUT2D eigenvalue weighted by atomic mass is 10.2. The number of hydrogen-bond donors (Lipinski definition) is 1. The number of rotatable bonds is 8. The molecule has 1 N–H and O–H groups in total. The number of carbonyl (C=O) groups excluding carboxylic acids is 1. The molecule has 0 aliphatic carbocycles. The van der Waals surface area contributed by atoms with Crippen LogP contribution in [-0.2, 0) is 17.1 Å². The number of sulfonamides is 1. The molecule has 2 heterocycles. The average molecular weight is 469 g/mol. The highest BCUT2D eigenvalue weighted by Gasteiger charge is 2.34. The van der Waals surface area contributed by atoms with Crippen molar-refractivity contribution in [2.45, 2.75) is 11.4 Å². The Kier molecular flexibility index (Phi) is 7.58. The molecule has 0 radical (unpaired) electrons. The van der Waals surface area contributed by atoms with E-state index in [-0.39, 0.29) is 10.6 Å². The first-order valence-corrected chi connectivity index (χ1v) is 12.0. The van der Waals surface area contributed by atoms with E-state index in [1.54, 1.807) is 7.05 Å². The van der Waals surface area contributed by atoms with Crippen LogP contribution in [0.1, 0.15) is 16.8 Å². The van der Waals surface area contributed by atoms with Crippen molar-refractivity contribution in [3.63, 3.8) is 0 Å². The van der Waals surface area contributed by atoms with E-state index in [1.165, 1.54) is 15.2 Å². The monoisotopic (exact) mass is 468 g/mol. The number of nitrogens with one attached hydrogen (secondary N) is 1. The van der Waals surface area contributed by atoms with Crippen LogP contribution in [0.3, 0.4) is 0 Å². The molecule has 1 aliphatic rings. The molecular formula is C20H29ClN6O3S. The number of anilines is 1. The largest absolute Gasteiger partial charge is 0.369 e. The fraction of sp³-hybridized carbons (Fsp3) is 0.500. The van der Waals surface area contributed by atoms with Crippen LogP contribution in [0.25, 0.3) is 0 Å². The third-order valence-corrected chi connectivity index (χ3v) is 7.21. The highest BCUT2D eigenvalue weighted by atomic mass is 35.5. The van der Waals surface area contributed by atoms with Crippen molar-refractivity contribution in [1.82, 2.24) is 24.3 Å². The molecule has 1 saturated heterocycles. The molecular weight excluding hydrogens is 440 g/mol. The SMILES string of the molecule is CN(C)CCCNC(=O)c1cn(C)nc1S(=O)(=O)N1CCN(c2ccc(Cl)cc2)CC1. The Morgan fingerprint density at radius 1 is 1.16 bits per heavy atom. The second kappa shape index (κ2) is 9.99. The lowest BCUT2D eigenvalue weighted by Crippen LogP contribution is -2.49. The quantitative estimate of drug-likeness (QED) is 0.587. The molecule has 11 heteroatoms. The van der Waals surface area contributed by atoms with Crippen LogP contribution in [-0.4, -0.2) is 86.7 Å². The molecule has 0 saturated carbocycles. The smallest absolute Gasteiger partial charge is 0.263 e. The van der Waals surface area contributed by atoms with Crippen molar-refractivity contribution in [2.75, 3.05) is 58.3 Å². The summed E-state index contributed by atoms with van der Waals surface area (Å²) >= 11 is 5.95. The van der Waals surface area contributed by atoms with Crippen molar-refractivity contribution in [2.24, 2.45) is 7.05 Å².